The van der Waals surface area contributed by atoms with E-state index in [4.69, 9.17) is 0 Å². The second-order valence-corrected chi connectivity index (χ2v) is 7.28. The normalized spacial score (nSPS) is 10.2. The van der Waals surface area contributed by atoms with Crippen molar-refractivity contribution in [2.45, 2.75) is 13.5 Å². The molecule has 3 aromatic rings. The summed E-state index contributed by atoms with van der Waals surface area (Å²) >= 11 is 0. The van der Waals surface area contributed by atoms with Crippen molar-refractivity contribution < 1.29 is 14.4 Å². The summed E-state index contributed by atoms with van der Waals surface area (Å²) in [5.41, 5.74) is 3.56. The first kappa shape index (κ1) is 22.6. The number of anilines is 3. The molecule has 0 heterocycles. The molecule has 0 aliphatic carbocycles. The van der Waals surface area contributed by atoms with Crippen molar-refractivity contribution in [2.24, 2.45) is 0 Å². The van der Waals surface area contributed by atoms with Gasteiger partial charge in [-0.2, -0.15) is 0 Å². The molecule has 3 aromatic carbocycles. The standard InChI is InChI=1S/C25H26N4O3/c1-18(30)29(2)23-13-11-21(12-14-23)26-17-24(31)28-22-10-6-9-20(15-22)25(32)27-16-19-7-4-3-5-8-19/h3-15,26H,16-17H2,1-2H3,(H,27,32)(H,28,31). The van der Waals surface area contributed by atoms with Crippen LogP contribution >= 0.6 is 0 Å². The van der Waals surface area contributed by atoms with Crippen LogP contribution in [-0.4, -0.2) is 31.3 Å². The quantitative estimate of drug-likeness (QED) is 0.509. The second-order valence-electron chi connectivity index (χ2n) is 7.28. The van der Waals surface area contributed by atoms with Gasteiger partial charge in [-0.15, -0.1) is 0 Å². The first-order valence-corrected chi connectivity index (χ1v) is 10.2. The molecular weight excluding hydrogens is 404 g/mol. The van der Waals surface area contributed by atoms with Crippen molar-refractivity contribution in [1.82, 2.24) is 5.32 Å². The van der Waals surface area contributed by atoms with Crippen LogP contribution in [0.3, 0.4) is 0 Å². The van der Waals surface area contributed by atoms with Gasteiger partial charge in [0.05, 0.1) is 6.54 Å². The maximum Gasteiger partial charge on any atom is 0.251 e. The molecule has 0 fully saturated rings. The van der Waals surface area contributed by atoms with Crippen molar-refractivity contribution in [2.75, 3.05) is 29.1 Å². The topological polar surface area (TPSA) is 90.5 Å². The van der Waals surface area contributed by atoms with Gasteiger partial charge in [0.1, 0.15) is 0 Å². The molecule has 32 heavy (non-hydrogen) atoms. The molecule has 0 aliphatic heterocycles. The Kier molecular flexibility index (Phi) is 7.59. The highest BCUT2D eigenvalue weighted by Gasteiger charge is 2.09. The van der Waals surface area contributed by atoms with E-state index < -0.39 is 0 Å². The van der Waals surface area contributed by atoms with Crippen LogP contribution in [0.4, 0.5) is 17.1 Å². The highest BCUT2D eigenvalue weighted by Crippen LogP contribution is 2.17. The predicted molar refractivity (Wildman–Crippen MR) is 127 cm³/mol. The third-order valence-corrected chi connectivity index (χ3v) is 4.88. The largest absolute Gasteiger partial charge is 0.376 e. The van der Waals surface area contributed by atoms with E-state index in [0.717, 1.165) is 16.9 Å². The number of hydrogen-bond donors (Lipinski definition) is 3. The number of carbonyl (C=O) groups is 3. The SMILES string of the molecule is CC(=O)N(C)c1ccc(NCC(=O)Nc2cccc(C(=O)NCc3ccccc3)c2)cc1. The van der Waals surface area contributed by atoms with Gasteiger partial charge in [-0.3, -0.25) is 14.4 Å². The van der Waals surface area contributed by atoms with Crippen LogP contribution in [0.1, 0.15) is 22.8 Å². The van der Waals surface area contributed by atoms with Crippen LogP contribution in [0, 0.1) is 0 Å². The molecule has 164 valence electrons. The lowest BCUT2D eigenvalue weighted by Gasteiger charge is -2.15. The zero-order valence-corrected chi connectivity index (χ0v) is 18.1. The van der Waals surface area contributed by atoms with Crippen LogP contribution < -0.4 is 20.9 Å². The molecule has 0 spiro atoms. The Morgan fingerprint density at radius 2 is 1.56 bits per heavy atom. The van der Waals surface area contributed by atoms with Gasteiger partial charge in [0.2, 0.25) is 11.8 Å². The van der Waals surface area contributed by atoms with Gasteiger partial charge in [-0.05, 0) is 48.0 Å². The monoisotopic (exact) mass is 430 g/mol. The summed E-state index contributed by atoms with van der Waals surface area (Å²) in [4.78, 5) is 37.7. The molecule has 0 aliphatic rings. The third kappa shape index (κ3) is 6.43. The van der Waals surface area contributed by atoms with E-state index in [0.29, 0.717) is 17.8 Å². The first-order chi connectivity index (χ1) is 15.4. The molecule has 0 radical (unpaired) electrons. The third-order valence-electron chi connectivity index (χ3n) is 4.88. The smallest absolute Gasteiger partial charge is 0.251 e. The van der Waals surface area contributed by atoms with Crippen LogP contribution in [0.25, 0.3) is 0 Å². The molecule has 0 unspecified atom stereocenters. The maximum absolute atomic E-state index is 12.4. The molecule has 3 rings (SSSR count). The van der Waals surface area contributed by atoms with Crippen molar-refractivity contribution >= 4 is 34.8 Å². The van der Waals surface area contributed by atoms with Crippen LogP contribution in [0.5, 0.6) is 0 Å². The minimum Gasteiger partial charge on any atom is -0.376 e. The Morgan fingerprint density at radius 1 is 0.844 bits per heavy atom. The summed E-state index contributed by atoms with van der Waals surface area (Å²) in [5, 5.41) is 8.71. The number of benzene rings is 3. The van der Waals surface area contributed by atoms with Gasteiger partial charge in [0, 0.05) is 43.1 Å². The minimum atomic E-state index is -0.239. The lowest BCUT2D eigenvalue weighted by Crippen LogP contribution is -2.24. The number of hydrogen-bond acceptors (Lipinski definition) is 4. The molecular formula is C25H26N4O3. The number of carbonyl (C=O) groups excluding carboxylic acids is 3. The van der Waals surface area contributed by atoms with E-state index in [1.54, 1.807) is 60.5 Å². The van der Waals surface area contributed by atoms with E-state index >= 15 is 0 Å². The zero-order valence-electron chi connectivity index (χ0n) is 18.1. The van der Waals surface area contributed by atoms with Gasteiger partial charge in [-0.1, -0.05) is 36.4 Å². The molecule has 7 nitrogen and oxygen atoms in total. The molecule has 3 N–H and O–H groups in total. The van der Waals surface area contributed by atoms with Gasteiger partial charge >= 0.3 is 0 Å². The van der Waals surface area contributed by atoms with Crippen molar-refractivity contribution in [1.29, 1.82) is 0 Å². The van der Waals surface area contributed by atoms with E-state index in [1.165, 1.54) is 6.92 Å². The van der Waals surface area contributed by atoms with E-state index in [2.05, 4.69) is 16.0 Å². The summed E-state index contributed by atoms with van der Waals surface area (Å²) < 4.78 is 0. The number of amides is 3. The fraction of sp³-hybridized carbons (Fsp3) is 0.160. The van der Waals surface area contributed by atoms with Crippen LogP contribution in [0.15, 0.2) is 78.9 Å². The first-order valence-electron chi connectivity index (χ1n) is 10.2. The number of rotatable bonds is 8. The Morgan fingerprint density at radius 3 is 2.25 bits per heavy atom. The van der Waals surface area contributed by atoms with Crippen LogP contribution in [0.2, 0.25) is 0 Å². The van der Waals surface area contributed by atoms with E-state index in [9.17, 15) is 14.4 Å². The summed E-state index contributed by atoms with van der Waals surface area (Å²) in [6.45, 7) is 1.99. The van der Waals surface area contributed by atoms with Gasteiger partial charge in [0.25, 0.3) is 5.91 Å². The Hall–Kier alpha value is -4.13. The average molecular weight is 431 g/mol. The van der Waals surface area contributed by atoms with Crippen molar-refractivity contribution in [3.05, 3.63) is 90.0 Å². The second kappa shape index (κ2) is 10.8. The number of nitrogens with one attached hydrogen (secondary N) is 3. The van der Waals surface area contributed by atoms with E-state index in [1.807, 2.05) is 30.3 Å². The molecule has 7 heteroatoms. The van der Waals surface area contributed by atoms with Crippen molar-refractivity contribution in [3.63, 3.8) is 0 Å². The van der Waals surface area contributed by atoms with Crippen LogP contribution in [-0.2, 0) is 16.1 Å². The fourth-order valence-electron chi connectivity index (χ4n) is 2.99. The predicted octanol–water partition coefficient (Wildman–Crippen LogP) is 3.65. The average Bonchev–Trinajstić information content (AvgIpc) is 2.82. The summed E-state index contributed by atoms with van der Waals surface area (Å²) in [5.74, 6) is -0.503. The maximum atomic E-state index is 12.4. The molecule has 3 amide bonds. The summed E-state index contributed by atoms with van der Waals surface area (Å²) in [6, 6.07) is 23.7. The van der Waals surface area contributed by atoms with Crippen molar-refractivity contribution in [3.8, 4) is 0 Å². The molecule has 0 saturated heterocycles. The lowest BCUT2D eigenvalue weighted by molar-refractivity contribution is -0.116. The van der Waals surface area contributed by atoms with Gasteiger partial charge < -0.3 is 20.9 Å². The van der Waals surface area contributed by atoms with E-state index in [-0.39, 0.29) is 24.3 Å². The van der Waals surface area contributed by atoms with Gasteiger partial charge in [0.15, 0.2) is 0 Å². The fourth-order valence-corrected chi connectivity index (χ4v) is 2.99. The minimum absolute atomic E-state index is 0.0546. The molecule has 0 atom stereocenters. The summed E-state index contributed by atoms with van der Waals surface area (Å²) in [7, 11) is 1.70. The highest BCUT2D eigenvalue weighted by atomic mass is 16.2. The molecule has 0 aromatic heterocycles. The Bertz CT molecular complexity index is 1080. The molecule has 0 bridgehead atoms. The summed E-state index contributed by atoms with van der Waals surface area (Å²) in [6.07, 6.45) is 0. The molecule has 0 saturated carbocycles. The highest BCUT2D eigenvalue weighted by molar-refractivity contribution is 5.98. The Labute approximate surface area is 187 Å². The lowest BCUT2D eigenvalue weighted by atomic mass is 10.1. The number of nitrogens with zero attached hydrogens (tertiary/aromatic N) is 1. The Balaban J connectivity index is 1.51. The van der Waals surface area contributed by atoms with Gasteiger partial charge in [-0.25, -0.2) is 0 Å². The zero-order chi connectivity index (χ0) is 22.9.